The van der Waals surface area contributed by atoms with Crippen molar-refractivity contribution in [2.75, 3.05) is 38.0 Å². The second kappa shape index (κ2) is 6.51. The molecule has 0 bridgehead atoms. The molecule has 0 spiro atoms. The van der Waals surface area contributed by atoms with E-state index in [2.05, 4.69) is 20.6 Å². The second-order valence-corrected chi connectivity index (χ2v) is 4.91. The van der Waals surface area contributed by atoms with Crippen LogP contribution in [0.15, 0.2) is 6.07 Å². The Balaban J connectivity index is 2.04. The summed E-state index contributed by atoms with van der Waals surface area (Å²) in [5.74, 6) is 2.01. The Hall–Kier alpha value is -1.89. The van der Waals surface area contributed by atoms with Gasteiger partial charge >= 0.3 is 0 Å². The van der Waals surface area contributed by atoms with Gasteiger partial charge < -0.3 is 20.3 Å². The third-order valence-corrected chi connectivity index (χ3v) is 3.00. The molecule has 0 atom stereocenters. The molecule has 0 radical (unpaired) electrons. The number of nitrogens with one attached hydrogen (secondary N) is 2. The number of hydrogen-bond acceptors (Lipinski definition) is 6. The molecular weight excluding hydrogens is 258 g/mol. The van der Waals surface area contributed by atoms with Crippen LogP contribution in [0.2, 0.25) is 0 Å². The summed E-state index contributed by atoms with van der Waals surface area (Å²) >= 11 is 0. The van der Waals surface area contributed by atoms with E-state index in [0.717, 1.165) is 12.8 Å². The molecule has 1 aromatic rings. The van der Waals surface area contributed by atoms with E-state index in [1.165, 1.54) is 0 Å². The van der Waals surface area contributed by atoms with Crippen LogP contribution >= 0.6 is 0 Å². The zero-order valence-corrected chi connectivity index (χ0v) is 12.1. The first-order chi connectivity index (χ1) is 9.62. The third kappa shape index (κ3) is 4.06. The number of methoxy groups -OCH3 is 1. The standard InChI is InChI=1S/C13H21N5O2/c1-14-10-6-12(17-11(16-10)8-20-3)18(2)7-13(19)15-9-4-5-9/h6,9H,4-5,7-8H2,1-3H3,(H,15,19)(H,14,16,17). The van der Waals surface area contributed by atoms with Crippen LogP contribution in [-0.2, 0) is 16.1 Å². The highest BCUT2D eigenvalue weighted by Crippen LogP contribution is 2.19. The van der Waals surface area contributed by atoms with Gasteiger partial charge in [-0.05, 0) is 12.8 Å². The lowest BCUT2D eigenvalue weighted by molar-refractivity contribution is -0.119. The van der Waals surface area contributed by atoms with Crippen molar-refractivity contribution in [2.24, 2.45) is 0 Å². The molecule has 1 amide bonds. The summed E-state index contributed by atoms with van der Waals surface area (Å²) in [6.07, 6.45) is 2.18. The van der Waals surface area contributed by atoms with Gasteiger partial charge in [-0.3, -0.25) is 4.79 Å². The minimum absolute atomic E-state index is 0.0212. The van der Waals surface area contributed by atoms with E-state index in [9.17, 15) is 4.79 Å². The normalized spacial score (nSPS) is 13.9. The highest BCUT2D eigenvalue weighted by atomic mass is 16.5. The van der Waals surface area contributed by atoms with E-state index in [-0.39, 0.29) is 12.5 Å². The summed E-state index contributed by atoms with van der Waals surface area (Å²) in [5.41, 5.74) is 0. The summed E-state index contributed by atoms with van der Waals surface area (Å²) in [7, 11) is 5.23. The molecule has 1 aromatic heterocycles. The number of ether oxygens (including phenoxy) is 1. The average molecular weight is 279 g/mol. The first kappa shape index (κ1) is 14.5. The zero-order chi connectivity index (χ0) is 14.5. The van der Waals surface area contributed by atoms with E-state index in [1.54, 1.807) is 19.1 Å². The van der Waals surface area contributed by atoms with E-state index < -0.39 is 0 Å². The molecule has 1 saturated carbocycles. The number of carbonyl (C=O) groups is 1. The van der Waals surface area contributed by atoms with Gasteiger partial charge in [-0.2, -0.15) is 0 Å². The fourth-order valence-corrected chi connectivity index (χ4v) is 1.80. The molecule has 2 rings (SSSR count). The molecule has 1 aliphatic carbocycles. The fourth-order valence-electron chi connectivity index (χ4n) is 1.80. The Morgan fingerprint density at radius 3 is 2.85 bits per heavy atom. The second-order valence-electron chi connectivity index (χ2n) is 4.91. The van der Waals surface area contributed by atoms with Crippen LogP contribution in [0.1, 0.15) is 18.7 Å². The number of likely N-dealkylation sites (N-methyl/N-ethyl adjacent to an activating group) is 1. The lowest BCUT2D eigenvalue weighted by atomic mass is 10.4. The fraction of sp³-hybridized carbons (Fsp3) is 0.615. The monoisotopic (exact) mass is 279 g/mol. The average Bonchev–Trinajstić information content (AvgIpc) is 3.22. The van der Waals surface area contributed by atoms with E-state index >= 15 is 0 Å². The molecular formula is C13H21N5O2. The predicted molar refractivity (Wildman–Crippen MR) is 76.7 cm³/mol. The van der Waals surface area contributed by atoms with Crippen molar-refractivity contribution in [2.45, 2.75) is 25.5 Å². The van der Waals surface area contributed by atoms with Gasteiger partial charge in [-0.25, -0.2) is 9.97 Å². The summed E-state index contributed by atoms with van der Waals surface area (Å²) < 4.78 is 5.05. The first-order valence-electron chi connectivity index (χ1n) is 6.67. The maximum atomic E-state index is 11.8. The van der Waals surface area contributed by atoms with Crippen LogP contribution in [-0.4, -0.2) is 49.7 Å². The molecule has 7 heteroatoms. The van der Waals surface area contributed by atoms with Crippen molar-refractivity contribution in [3.8, 4) is 0 Å². The largest absolute Gasteiger partial charge is 0.377 e. The Kier molecular flexibility index (Phi) is 4.73. The van der Waals surface area contributed by atoms with Gasteiger partial charge in [0.15, 0.2) is 5.82 Å². The number of nitrogens with zero attached hydrogens (tertiary/aromatic N) is 3. The first-order valence-corrected chi connectivity index (χ1v) is 6.67. The Bertz CT molecular complexity index is 476. The highest BCUT2D eigenvalue weighted by Gasteiger charge is 2.23. The summed E-state index contributed by atoms with van der Waals surface area (Å²) in [5, 5.41) is 5.94. The molecule has 0 saturated heterocycles. The third-order valence-electron chi connectivity index (χ3n) is 3.00. The molecule has 20 heavy (non-hydrogen) atoms. The predicted octanol–water partition coefficient (Wildman–Crippen LogP) is 0.380. The van der Waals surface area contributed by atoms with Crippen molar-refractivity contribution in [1.29, 1.82) is 0 Å². The molecule has 1 aliphatic rings. The Morgan fingerprint density at radius 2 is 2.25 bits per heavy atom. The quantitative estimate of drug-likeness (QED) is 0.751. The number of rotatable bonds is 7. The lowest BCUT2D eigenvalue weighted by Crippen LogP contribution is -2.36. The molecule has 0 aromatic carbocycles. The lowest BCUT2D eigenvalue weighted by Gasteiger charge is -2.19. The Labute approximate surface area is 118 Å². The van der Waals surface area contributed by atoms with Crippen LogP contribution in [0.25, 0.3) is 0 Å². The SMILES string of the molecule is CNc1cc(N(C)CC(=O)NC2CC2)nc(COC)n1. The van der Waals surface area contributed by atoms with Gasteiger partial charge in [0.05, 0.1) is 6.54 Å². The van der Waals surface area contributed by atoms with Crippen molar-refractivity contribution in [1.82, 2.24) is 15.3 Å². The Morgan fingerprint density at radius 1 is 1.50 bits per heavy atom. The van der Waals surface area contributed by atoms with Crippen LogP contribution in [0, 0.1) is 0 Å². The van der Waals surface area contributed by atoms with E-state index in [0.29, 0.717) is 30.1 Å². The van der Waals surface area contributed by atoms with E-state index in [4.69, 9.17) is 4.74 Å². The minimum atomic E-state index is 0.0212. The molecule has 1 fully saturated rings. The number of aromatic nitrogens is 2. The van der Waals surface area contributed by atoms with Gasteiger partial charge in [0.25, 0.3) is 0 Å². The maximum Gasteiger partial charge on any atom is 0.239 e. The number of hydrogen-bond donors (Lipinski definition) is 2. The number of anilines is 2. The number of carbonyl (C=O) groups excluding carboxylic acids is 1. The minimum Gasteiger partial charge on any atom is -0.377 e. The topological polar surface area (TPSA) is 79.4 Å². The van der Waals surface area contributed by atoms with Gasteiger partial charge in [0, 0.05) is 33.3 Å². The maximum absolute atomic E-state index is 11.8. The molecule has 2 N–H and O–H groups in total. The summed E-state index contributed by atoms with van der Waals surface area (Å²) in [6, 6.07) is 2.18. The highest BCUT2D eigenvalue weighted by molar-refractivity contribution is 5.81. The van der Waals surface area contributed by atoms with Crippen LogP contribution in [0.5, 0.6) is 0 Å². The van der Waals surface area contributed by atoms with Crippen molar-refractivity contribution in [3.05, 3.63) is 11.9 Å². The molecule has 1 heterocycles. The van der Waals surface area contributed by atoms with Gasteiger partial charge in [0.2, 0.25) is 5.91 Å². The van der Waals surface area contributed by atoms with Crippen LogP contribution < -0.4 is 15.5 Å². The van der Waals surface area contributed by atoms with Crippen molar-refractivity contribution >= 4 is 17.5 Å². The van der Waals surface area contributed by atoms with Crippen molar-refractivity contribution in [3.63, 3.8) is 0 Å². The van der Waals surface area contributed by atoms with Gasteiger partial charge in [-0.1, -0.05) is 0 Å². The van der Waals surface area contributed by atoms with Crippen LogP contribution in [0.4, 0.5) is 11.6 Å². The zero-order valence-electron chi connectivity index (χ0n) is 12.1. The van der Waals surface area contributed by atoms with Crippen molar-refractivity contribution < 1.29 is 9.53 Å². The summed E-state index contributed by atoms with van der Waals surface area (Å²) in [6.45, 7) is 0.619. The molecule has 110 valence electrons. The number of amides is 1. The molecule has 0 aliphatic heterocycles. The van der Waals surface area contributed by atoms with E-state index in [1.807, 2.05) is 13.1 Å². The van der Waals surface area contributed by atoms with Crippen LogP contribution in [0.3, 0.4) is 0 Å². The summed E-state index contributed by atoms with van der Waals surface area (Å²) in [4.78, 5) is 22.3. The molecule has 7 nitrogen and oxygen atoms in total. The smallest absolute Gasteiger partial charge is 0.239 e. The molecule has 0 unspecified atom stereocenters. The van der Waals surface area contributed by atoms with Gasteiger partial charge in [0.1, 0.15) is 18.2 Å². The van der Waals surface area contributed by atoms with Gasteiger partial charge in [-0.15, -0.1) is 0 Å².